The van der Waals surface area contributed by atoms with Crippen LogP contribution in [0.3, 0.4) is 0 Å². The van der Waals surface area contributed by atoms with Crippen molar-refractivity contribution in [1.82, 2.24) is 0 Å². The molecule has 2 aromatic carbocycles. The van der Waals surface area contributed by atoms with Crippen LogP contribution in [-0.2, 0) is 6.42 Å². The van der Waals surface area contributed by atoms with E-state index in [2.05, 4.69) is 9.39 Å². The number of hydrogen-bond donors (Lipinski definition) is 2. The molecule has 2 atom stereocenters. The summed E-state index contributed by atoms with van der Waals surface area (Å²) in [5, 5.41) is 19.5. The summed E-state index contributed by atoms with van der Waals surface area (Å²) >= 11 is 0. The normalized spacial score (nSPS) is 19.5. The Morgan fingerprint density at radius 1 is 1.09 bits per heavy atom. The number of rotatable bonds is 0. The minimum atomic E-state index is -0.281. The first kappa shape index (κ1) is 13.4. The number of phenols is 2. The van der Waals surface area contributed by atoms with Crippen molar-refractivity contribution in [2.45, 2.75) is 12.5 Å². The van der Waals surface area contributed by atoms with Crippen molar-refractivity contribution >= 4 is 26.7 Å². The van der Waals surface area contributed by atoms with Crippen LogP contribution >= 0.6 is 9.39 Å². The van der Waals surface area contributed by atoms with Gasteiger partial charge in [0, 0.05) is 18.3 Å². The first-order valence-corrected chi connectivity index (χ1v) is 7.57. The average molecular weight is 314 g/mol. The van der Waals surface area contributed by atoms with Crippen LogP contribution in [0.5, 0.6) is 11.5 Å². The van der Waals surface area contributed by atoms with E-state index in [0.29, 0.717) is 17.8 Å². The van der Waals surface area contributed by atoms with Gasteiger partial charge in [-0.1, -0.05) is 18.2 Å². The molecule has 4 rings (SSSR count). The van der Waals surface area contributed by atoms with Gasteiger partial charge in [-0.15, -0.1) is 0 Å². The third kappa shape index (κ3) is 1.79. The van der Waals surface area contributed by atoms with Crippen molar-refractivity contribution in [2.75, 3.05) is 16.1 Å². The number of phenolic OH excluding ortho intramolecular Hbond substituents is 2. The molecule has 5 nitrogen and oxygen atoms in total. The number of benzene rings is 2. The molecule has 2 aliphatic heterocycles. The summed E-state index contributed by atoms with van der Waals surface area (Å²) in [5.41, 5.74) is 3.09. The zero-order valence-electron chi connectivity index (χ0n) is 11.7. The van der Waals surface area contributed by atoms with Gasteiger partial charge in [-0.25, -0.2) is 0 Å². The molecule has 0 aliphatic carbocycles. The van der Waals surface area contributed by atoms with Crippen LogP contribution in [0.15, 0.2) is 36.4 Å². The molecule has 112 valence electrons. The summed E-state index contributed by atoms with van der Waals surface area (Å²) in [7, 11) is 2.59. The molecular formula is C16H15N2O3P. The van der Waals surface area contributed by atoms with E-state index >= 15 is 0 Å². The second kappa shape index (κ2) is 4.62. The Balaban J connectivity index is 1.90. The van der Waals surface area contributed by atoms with Gasteiger partial charge in [-0.3, -0.25) is 4.79 Å². The number of nitrogens with zero attached hydrogens (tertiary/aromatic N) is 2. The van der Waals surface area contributed by atoms with Crippen LogP contribution in [0, 0.1) is 0 Å². The lowest BCUT2D eigenvalue weighted by Gasteiger charge is -2.24. The number of fused-ring (bicyclic) bond motifs is 4. The summed E-state index contributed by atoms with van der Waals surface area (Å²) in [6.07, 6.45) is 0.804. The highest BCUT2D eigenvalue weighted by molar-refractivity contribution is 7.19. The van der Waals surface area contributed by atoms with Gasteiger partial charge in [-0.05, 0) is 33.5 Å². The van der Waals surface area contributed by atoms with Gasteiger partial charge in [0.2, 0.25) is 0 Å². The van der Waals surface area contributed by atoms with Gasteiger partial charge in [0.1, 0.15) is 0 Å². The molecule has 0 saturated carbocycles. The van der Waals surface area contributed by atoms with Gasteiger partial charge in [0.15, 0.2) is 11.5 Å². The van der Waals surface area contributed by atoms with Crippen molar-refractivity contribution in [2.24, 2.45) is 0 Å². The number of amides is 1. The summed E-state index contributed by atoms with van der Waals surface area (Å²) in [6, 6.07) is 10.7. The highest BCUT2D eigenvalue weighted by atomic mass is 31.0. The SMILES string of the molecule is O=C1c2cc(O)c(O)cc2N(P)CC2Cc3ccccc3N12. The molecule has 22 heavy (non-hydrogen) atoms. The maximum Gasteiger partial charge on any atom is 0.260 e. The summed E-state index contributed by atoms with van der Waals surface area (Å²) < 4.78 is 1.88. The van der Waals surface area contributed by atoms with Crippen LogP contribution in [-0.4, -0.2) is 28.7 Å². The smallest absolute Gasteiger partial charge is 0.260 e. The van der Waals surface area contributed by atoms with E-state index in [4.69, 9.17) is 0 Å². The molecule has 0 spiro atoms. The van der Waals surface area contributed by atoms with Crippen LogP contribution < -0.4 is 9.57 Å². The van der Waals surface area contributed by atoms with E-state index in [1.807, 2.05) is 28.9 Å². The highest BCUT2D eigenvalue weighted by Crippen LogP contribution is 2.42. The minimum Gasteiger partial charge on any atom is -0.504 e. The monoisotopic (exact) mass is 314 g/mol. The zero-order chi connectivity index (χ0) is 15.4. The second-order valence-corrected chi connectivity index (χ2v) is 6.30. The van der Waals surface area contributed by atoms with Gasteiger partial charge >= 0.3 is 0 Å². The van der Waals surface area contributed by atoms with Crippen molar-refractivity contribution in [3.05, 3.63) is 47.5 Å². The Labute approximate surface area is 130 Å². The second-order valence-electron chi connectivity index (χ2n) is 5.67. The van der Waals surface area contributed by atoms with Crippen LogP contribution in [0.2, 0.25) is 0 Å². The zero-order valence-corrected chi connectivity index (χ0v) is 12.9. The molecule has 2 heterocycles. The number of anilines is 2. The Morgan fingerprint density at radius 2 is 1.82 bits per heavy atom. The van der Waals surface area contributed by atoms with E-state index < -0.39 is 0 Å². The first-order chi connectivity index (χ1) is 10.6. The number of carbonyl (C=O) groups is 1. The molecule has 2 unspecified atom stereocenters. The standard InChI is InChI=1S/C16H15N2O3P/c19-14-6-11-13(7-15(14)20)17(22)8-10-5-9-3-1-2-4-12(9)18(10)16(11)21/h1-4,6-7,10,19-20H,5,8,22H2. The maximum absolute atomic E-state index is 13.0. The third-order valence-electron chi connectivity index (χ3n) is 4.33. The molecule has 2 N–H and O–H groups in total. The molecule has 6 heteroatoms. The van der Waals surface area contributed by atoms with E-state index in [0.717, 1.165) is 17.7 Å². The molecule has 0 saturated heterocycles. The predicted molar refractivity (Wildman–Crippen MR) is 87.6 cm³/mol. The third-order valence-corrected chi connectivity index (χ3v) is 4.82. The number of para-hydroxylation sites is 1. The molecule has 2 aliphatic rings. The molecule has 0 aromatic heterocycles. The van der Waals surface area contributed by atoms with Crippen molar-refractivity contribution in [1.29, 1.82) is 0 Å². The molecule has 0 radical (unpaired) electrons. The Kier molecular flexibility index (Phi) is 2.81. The number of carbonyl (C=O) groups excluding carboxylic acids is 1. The molecule has 0 fully saturated rings. The fraction of sp³-hybridized carbons (Fsp3) is 0.188. The maximum atomic E-state index is 13.0. The fourth-order valence-electron chi connectivity index (χ4n) is 3.31. The van der Waals surface area contributed by atoms with Crippen molar-refractivity contribution in [3.63, 3.8) is 0 Å². The van der Waals surface area contributed by atoms with Crippen LogP contribution in [0.4, 0.5) is 11.4 Å². The Hall–Kier alpha value is -2.26. The Morgan fingerprint density at radius 3 is 2.64 bits per heavy atom. The summed E-state index contributed by atoms with van der Waals surface area (Å²) in [4.78, 5) is 14.8. The predicted octanol–water partition coefficient (Wildman–Crippen LogP) is 2.28. The minimum absolute atomic E-state index is 0.0408. The molecular weight excluding hydrogens is 299 g/mol. The lowest BCUT2D eigenvalue weighted by molar-refractivity contribution is 0.0983. The number of hydrogen-bond acceptors (Lipinski definition) is 4. The van der Waals surface area contributed by atoms with Crippen molar-refractivity contribution < 1.29 is 15.0 Å². The van der Waals surface area contributed by atoms with E-state index in [-0.39, 0.29) is 23.4 Å². The van der Waals surface area contributed by atoms with Gasteiger partial charge in [0.25, 0.3) is 5.91 Å². The lowest BCUT2D eigenvalue weighted by atomic mass is 10.1. The number of aromatic hydroxyl groups is 2. The summed E-state index contributed by atoms with van der Waals surface area (Å²) in [5.74, 6) is -0.650. The van der Waals surface area contributed by atoms with E-state index in [1.165, 1.54) is 12.1 Å². The van der Waals surface area contributed by atoms with Crippen LogP contribution in [0.1, 0.15) is 15.9 Å². The molecule has 2 aromatic rings. The largest absolute Gasteiger partial charge is 0.504 e. The highest BCUT2D eigenvalue weighted by Gasteiger charge is 2.39. The van der Waals surface area contributed by atoms with Crippen molar-refractivity contribution in [3.8, 4) is 11.5 Å². The quantitative estimate of drug-likeness (QED) is 0.578. The van der Waals surface area contributed by atoms with Gasteiger partial charge < -0.3 is 19.8 Å². The molecule has 1 amide bonds. The van der Waals surface area contributed by atoms with Gasteiger partial charge in [0.05, 0.1) is 17.3 Å². The summed E-state index contributed by atoms with van der Waals surface area (Å²) in [6.45, 7) is 0.641. The topological polar surface area (TPSA) is 64.0 Å². The lowest BCUT2D eigenvalue weighted by Crippen LogP contribution is -2.40. The average Bonchev–Trinajstić information content (AvgIpc) is 2.82. The van der Waals surface area contributed by atoms with Crippen LogP contribution in [0.25, 0.3) is 0 Å². The first-order valence-electron chi connectivity index (χ1n) is 7.06. The van der Waals surface area contributed by atoms with Gasteiger partial charge in [-0.2, -0.15) is 0 Å². The van der Waals surface area contributed by atoms with E-state index in [1.54, 1.807) is 4.90 Å². The van der Waals surface area contributed by atoms with E-state index in [9.17, 15) is 15.0 Å². The molecule has 0 bridgehead atoms. The Bertz CT molecular complexity index is 793. The fourth-order valence-corrected chi connectivity index (χ4v) is 3.77.